The molecule has 0 unspecified atom stereocenters. The second-order valence-electron chi connectivity index (χ2n) is 11.4. The molecule has 0 saturated heterocycles. The van der Waals surface area contributed by atoms with E-state index in [0.717, 1.165) is 64.9 Å². The van der Waals surface area contributed by atoms with Crippen LogP contribution < -0.4 is 14.4 Å². The number of hydrogen-bond acceptors (Lipinski definition) is 5. The number of methoxy groups -OCH3 is 1. The van der Waals surface area contributed by atoms with Crippen LogP contribution in [0, 0.1) is 13.8 Å². The standard InChI is InChI=1S/C34H43N3O5S/c1-25-13-11-14-26(2)33(25)37(43(4,40)41)24-32(38)36(23-28-17-12-20-30(21-28)42-3)31(22-27-15-7-5-8-16-27)34(39)35-29-18-9-6-10-19-29/h5,7-8,11-17,20-21,29,31H,6,9-10,18-19,22-24H2,1-4H3,(H,35,39)/t31-/m1/s1. The molecule has 1 saturated carbocycles. The molecule has 3 aromatic rings. The van der Waals surface area contributed by atoms with Gasteiger partial charge < -0.3 is 15.0 Å². The maximum Gasteiger partial charge on any atom is 0.244 e. The number of nitrogens with zero attached hydrogens (tertiary/aromatic N) is 2. The summed E-state index contributed by atoms with van der Waals surface area (Å²) in [5, 5.41) is 3.23. The highest BCUT2D eigenvalue weighted by Crippen LogP contribution is 2.28. The molecule has 43 heavy (non-hydrogen) atoms. The number of anilines is 1. The van der Waals surface area contributed by atoms with Gasteiger partial charge in [-0.15, -0.1) is 0 Å². The third-order valence-corrected chi connectivity index (χ3v) is 9.19. The van der Waals surface area contributed by atoms with Gasteiger partial charge in [0, 0.05) is 19.0 Å². The first kappa shape index (κ1) is 32.1. The molecule has 0 radical (unpaired) electrons. The van der Waals surface area contributed by atoms with E-state index in [2.05, 4.69) is 5.32 Å². The van der Waals surface area contributed by atoms with Crippen LogP contribution >= 0.6 is 0 Å². The number of para-hydroxylation sites is 1. The third-order valence-electron chi connectivity index (χ3n) is 8.08. The highest BCUT2D eigenvalue weighted by molar-refractivity contribution is 7.92. The molecule has 230 valence electrons. The lowest BCUT2D eigenvalue weighted by Gasteiger charge is -2.35. The van der Waals surface area contributed by atoms with Crippen molar-refractivity contribution in [3.8, 4) is 5.75 Å². The topological polar surface area (TPSA) is 96.0 Å². The molecule has 1 fully saturated rings. The molecule has 1 N–H and O–H groups in total. The first-order valence-electron chi connectivity index (χ1n) is 14.9. The van der Waals surface area contributed by atoms with Crippen LogP contribution in [0.4, 0.5) is 5.69 Å². The van der Waals surface area contributed by atoms with Gasteiger partial charge in [-0.2, -0.15) is 0 Å². The van der Waals surface area contributed by atoms with Gasteiger partial charge in [0.1, 0.15) is 18.3 Å². The summed E-state index contributed by atoms with van der Waals surface area (Å²) in [4.78, 5) is 30.0. The highest BCUT2D eigenvalue weighted by atomic mass is 32.2. The molecule has 9 heteroatoms. The van der Waals surface area contributed by atoms with Gasteiger partial charge in [-0.3, -0.25) is 13.9 Å². The van der Waals surface area contributed by atoms with Crippen LogP contribution in [0.25, 0.3) is 0 Å². The highest BCUT2D eigenvalue weighted by Gasteiger charge is 2.34. The monoisotopic (exact) mass is 605 g/mol. The van der Waals surface area contributed by atoms with Gasteiger partial charge >= 0.3 is 0 Å². The van der Waals surface area contributed by atoms with E-state index >= 15 is 0 Å². The van der Waals surface area contributed by atoms with E-state index in [4.69, 9.17) is 4.74 Å². The fourth-order valence-electron chi connectivity index (χ4n) is 5.84. The Labute approximate surface area is 256 Å². The molecule has 0 spiro atoms. The molecule has 0 bridgehead atoms. The molecule has 4 rings (SSSR count). The Morgan fingerprint density at radius 1 is 0.907 bits per heavy atom. The molecule has 2 amide bonds. The van der Waals surface area contributed by atoms with Crippen molar-refractivity contribution in [1.82, 2.24) is 10.2 Å². The number of carbonyl (C=O) groups is 2. The second kappa shape index (κ2) is 14.6. The minimum Gasteiger partial charge on any atom is -0.497 e. The van der Waals surface area contributed by atoms with Crippen LogP contribution in [-0.4, -0.2) is 57.1 Å². The summed E-state index contributed by atoms with van der Waals surface area (Å²) in [6.45, 7) is 3.33. The van der Waals surface area contributed by atoms with E-state index in [0.29, 0.717) is 11.4 Å². The fourth-order valence-corrected chi connectivity index (χ4v) is 6.81. The Morgan fingerprint density at radius 3 is 2.16 bits per heavy atom. The number of carbonyl (C=O) groups excluding carboxylic acids is 2. The van der Waals surface area contributed by atoms with E-state index in [-0.39, 0.29) is 24.9 Å². The zero-order valence-electron chi connectivity index (χ0n) is 25.6. The van der Waals surface area contributed by atoms with E-state index < -0.39 is 28.5 Å². The molecule has 1 atom stereocenters. The Morgan fingerprint density at radius 2 is 1.53 bits per heavy atom. The second-order valence-corrected chi connectivity index (χ2v) is 13.3. The zero-order chi connectivity index (χ0) is 31.0. The van der Waals surface area contributed by atoms with Crippen molar-refractivity contribution in [2.75, 3.05) is 24.2 Å². The number of benzene rings is 3. The normalized spacial score (nSPS) is 14.5. The predicted molar refractivity (Wildman–Crippen MR) is 171 cm³/mol. The largest absolute Gasteiger partial charge is 0.497 e. The number of aryl methyl sites for hydroxylation is 2. The summed E-state index contributed by atoms with van der Waals surface area (Å²) in [7, 11) is -2.26. The van der Waals surface area contributed by atoms with Crippen molar-refractivity contribution in [1.29, 1.82) is 0 Å². The van der Waals surface area contributed by atoms with Crippen LogP contribution in [0.2, 0.25) is 0 Å². The Kier molecular flexibility index (Phi) is 10.9. The van der Waals surface area contributed by atoms with Gasteiger partial charge in [0.25, 0.3) is 0 Å². The van der Waals surface area contributed by atoms with E-state index in [9.17, 15) is 18.0 Å². The Balaban J connectivity index is 1.76. The number of rotatable bonds is 12. The number of ether oxygens (including phenoxy) is 1. The van der Waals surface area contributed by atoms with Crippen molar-refractivity contribution < 1.29 is 22.7 Å². The van der Waals surface area contributed by atoms with Gasteiger partial charge in [0.05, 0.1) is 19.1 Å². The lowest BCUT2D eigenvalue weighted by Crippen LogP contribution is -2.55. The first-order valence-corrected chi connectivity index (χ1v) is 16.7. The fraction of sp³-hybridized carbons (Fsp3) is 0.412. The lowest BCUT2D eigenvalue weighted by molar-refractivity contribution is -0.140. The molecule has 0 aliphatic heterocycles. The van der Waals surface area contributed by atoms with Gasteiger partial charge in [0.15, 0.2) is 0 Å². The minimum atomic E-state index is -3.84. The van der Waals surface area contributed by atoms with Gasteiger partial charge in [-0.1, -0.05) is 79.9 Å². The quantitative estimate of drug-likeness (QED) is 0.308. The predicted octanol–water partition coefficient (Wildman–Crippen LogP) is 5.17. The molecule has 1 aliphatic carbocycles. The average Bonchev–Trinajstić information content (AvgIpc) is 2.98. The summed E-state index contributed by atoms with van der Waals surface area (Å²) in [6.07, 6.45) is 6.47. The summed E-state index contributed by atoms with van der Waals surface area (Å²) in [5.74, 6) is -0.0648. The molecular formula is C34H43N3O5S. The van der Waals surface area contributed by atoms with Gasteiger partial charge in [-0.05, 0) is 61.1 Å². The van der Waals surface area contributed by atoms with Crippen LogP contribution in [0.5, 0.6) is 5.75 Å². The van der Waals surface area contributed by atoms with Gasteiger partial charge in [0.2, 0.25) is 21.8 Å². The molecular weight excluding hydrogens is 562 g/mol. The van der Waals surface area contributed by atoms with Crippen molar-refractivity contribution >= 4 is 27.5 Å². The summed E-state index contributed by atoms with van der Waals surface area (Å²) in [5.41, 5.74) is 3.64. The maximum atomic E-state index is 14.4. The number of amides is 2. The van der Waals surface area contributed by atoms with Crippen molar-refractivity contribution in [3.63, 3.8) is 0 Å². The summed E-state index contributed by atoms with van der Waals surface area (Å²) >= 11 is 0. The first-order chi connectivity index (χ1) is 20.6. The smallest absolute Gasteiger partial charge is 0.244 e. The van der Waals surface area contributed by atoms with Crippen molar-refractivity contribution in [2.24, 2.45) is 0 Å². The van der Waals surface area contributed by atoms with Gasteiger partial charge in [-0.25, -0.2) is 8.42 Å². The molecule has 3 aromatic carbocycles. The average molecular weight is 606 g/mol. The molecule has 8 nitrogen and oxygen atoms in total. The zero-order valence-corrected chi connectivity index (χ0v) is 26.4. The van der Waals surface area contributed by atoms with Crippen molar-refractivity contribution in [3.05, 3.63) is 95.1 Å². The SMILES string of the molecule is COc1cccc(CN(C(=O)CN(c2c(C)cccc2C)S(C)(=O)=O)[C@H](Cc2ccccc2)C(=O)NC2CCCCC2)c1. The van der Waals surface area contributed by atoms with E-state index in [1.54, 1.807) is 7.11 Å². The van der Waals surface area contributed by atoms with Crippen molar-refractivity contribution in [2.45, 2.75) is 71.0 Å². The third kappa shape index (κ3) is 8.60. The summed E-state index contributed by atoms with van der Waals surface area (Å²) in [6, 6.07) is 21.7. The minimum absolute atomic E-state index is 0.0513. The molecule has 0 heterocycles. The number of nitrogens with one attached hydrogen (secondary N) is 1. The van der Waals surface area contributed by atoms with Crippen LogP contribution in [0.1, 0.15) is 54.4 Å². The van der Waals surface area contributed by atoms with E-state index in [1.165, 1.54) is 4.90 Å². The number of hydrogen-bond donors (Lipinski definition) is 1. The molecule has 1 aliphatic rings. The van der Waals surface area contributed by atoms with Crippen LogP contribution in [0.15, 0.2) is 72.8 Å². The number of sulfonamides is 1. The lowest BCUT2D eigenvalue weighted by atomic mass is 9.94. The molecule has 0 aromatic heterocycles. The maximum absolute atomic E-state index is 14.4. The van der Waals surface area contributed by atoms with E-state index in [1.807, 2.05) is 86.6 Å². The Hall–Kier alpha value is -3.85. The van der Waals surface area contributed by atoms with Crippen LogP contribution in [0.3, 0.4) is 0 Å². The Bertz CT molecular complexity index is 1480. The van der Waals surface area contributed by atoms with Crippen LogP contribution in [-0.2, 0) is 32.6 Å². The summed E-state index contributed by atoms with van der Waals surface area (Å²) < 4.78 is 32.9.